The highest BCUT2D eigenvalue weighted by molar-refractivity contribution is 6.37. The number of aromatic nitrogens is 4. The Hall–Kier alpha value is -3.73. The third-order valence-corrected chi connectivity index (χ3v) is 7.23. The first kappa shape index (κ1) is 25.9. The highest BCUT2D eigenvalue weighted by Gasteiger charge is 2.43. The van der Waals surface area contributed by atoms with Crippen LogP contribution in [0.25, 0.3) is 16.7 Å². The van der Waals surface area contributed by atoms with Crippen LogP contribution in [0.5, 0.6) is 0 Å². The Balaban J connectivity index is 1.50. The minimum absolute atomic E-state index is 0.0564. The molecule has 0 bridgehead atoms. The molecule has 38 heavy (non-hydrogen) atoms. The van der Waals surface area contributed by atoms with Gasteiger partial charge in [-0.05, 0) is 63.8 Å². The number of H-pyrrole nitrogens is 1. The van der Waals surface area contributed by atoms with E-state index in [-0.39, 0.29) is 38.7 Å². The van der Waals surface area contributed by atoms with Gasteiger partial charge >= 0.3 is 5.69 Å². The van der Waals surface area contributed by atoms with Crippen molar-refractivity contribution in [1.82, 2.24) is 24.4 Å². The van der Waals surface area contributed by atoms with Crippen molar-refractivity contribution in [3.63, 3.8) is 0 Å². The van der Waals surface area contributed by atoms with Gasteiger partial charge in [0.15, 0.2) is 5.65 Å². The number of likely N-dealkylation sites (N-methyl/N-ethyl adjacent to an activating group) is 1. The summed E-state index contributed by atoms with van der Waals surface area (Å²) in [5, 5.41) is 12.5. The van der Waals surface area contributed by atoms with E-state index < -0.39 is 11.1 Å². The minimum atomic E-state index is -0.678. The normalized spacial score (nSPS) is 14.4. The maximum Gasteiger partial charge on any atom is 0.333 e. The zero-order valence-electron chi connectivity index (χ0n) is 21.3. The summed E-state index contributed by atoms with van der Waals surface area (Å²) in [6.45, 7) is 5.19. The van der Waals surface area contributed by atoms with Gasteiger partial charge in [-0.25, -0.2) is 14.3 Å². The van der Waals surface area contributed by atoms with Crippen molar-refractivity contribution in [3.8, 4) is 5.69 Å². The average molecular weight is 553 g/mol. The largest absolute Gasteiger partial charge is 0.333 e. The highest BCUT2D eigenvalue weighted by atomic mass is 35.5. The van der Waals surface area contributed by atoms with E-state index in [1.54, 1.807) is 18.2 Å². The lowest BCUT2D eigenvalue weighted by molar-refractivity contribution is -0.122. The summed E-state index contributed by atoms with van der Waals surface area (Å²) in [5.74, 6) is 0.286. The van der Waals surface area contributed by atoms with Gasteiger partial charge in [-0.2, -0.15) is 4.98 Å². The quantitative estimate of drug-likeness (QED) is 0.334. The van der Waals surface area contributed by atoms with Crippen LogP contribution in [0.15, 0.2) is 47.4 Å². The smallest absolute Gasteiger partial charge is 0.324 e. The lowest BCUT2D eigenvalue weighted by atomic mass is 9.86. The summed E-state index contributed by atoms with van der Waals surface area (Å²) in [6.07, 6.45) is 1.45. The predicted molar refractivity (Wildman–Crippen MR) is 149 cm³/mol. The van der Waals surface area contributed by atoms with Crippen LogP contribution in [-0.2, 0) is 10.2 Å². The highest BCUT2D eigenvalue weighted by Crippen LogP contribution is 2.43. The van der Waals surface area contributed by atoms with Crippen LogP contribution in [0.3, 0.4) is 0 Å². The van der Waals surface area contributed by atoms with E-state index in [1.165, 1.54) is 6.20 Å². The number of hydrogen-bond acceptors (Lipinski definition) is 7. The number of fused-ring (bicyclic) bond motifs is 2. The van der Waals surface area contributed by atoms with Crippen molar-refractivity contribution >= 4 is 57.5 Å². The van der Waals surface area contributed by atoms with Gasteiger partial charge in [-0.1, -0.05) is 29.3 Å². The number of amides is 1. The molecule has 0 fully saturated rings. The number of anilines is 3. The van der Waals surface area contributed by atoms with E-state index >= 15 is 0 Å². The molecule has 0 saturated carbocycles. The number of benzene rings is 2. The second-order valence-electron chi connectivity index (χ2n) is 9.88. The van der Waals surface area contributed by atoms with E-state index in [4.69, 9.17) is 28.6 Å². The molecular formula is C26H26Cl2N8O2. The average Bonchev–Trinajstić information content (AvgIpc) is 3.04. The molecule has 4 aromatic rings. The van der Waals surface area contributed by atoms with Crippen LogP contribution in [0.2, 0.25) is 10.0 Å². The zero-order chi connectivity index (χ0) is 27.4. The van der Waals surface area contributed by atoms with Gasteiger partial charge in [0, 0.05) is 30.7 Å². The number of halogens is 2. The summed E-state index contributed by atoms with van der Waals surface area (Å²) in [7, 11) is 3.96. The fourth-order valence-electron chi connectivity index (χ4n) is 4.57. The maximum absolute atomic E-state index is 13.1. The van der Waals surface area contributed by atoms with Crippen molar-refractivity contribution in [1.29, 1.82) is 5.41 Å². The lowest BCUT2D eigenvalue weighted by Crippen LogP contribution is -2.39. The summed E-state index contributed by atoms with van der Waals surface area (Å²) in [6, 6.07) is 10.5. The molecule has 10 nitrogen and oxygen atoms in total. The van der Waals surface area contributed by atoms with Crippen molar-refractivity contribution in [3.05, 3.63) is 74.2 Å². The van der Waals surface area contributed by atoms with Crippen molar-refractivity contribution in [2.75, 3.05) is 37.4 Å². The molecule has 2 aromatic carbocycles. The molecular weight excluding hydrogens is 527 g/mol. The van der Waals surface area contributed by atoms with Crippen molar-refractivity contribution in [2.45, 2.75) is 19.3 Å². The van der Waals surface area contributed by atoms with Crippen LogP contribution in [0, 0.1) is 5.41 Å². The third kappa shape index (κ3) is 4.34. The van der Waals surface area contributed by atoms with E-state index in [0.717, 1.165) is 22.4 Å². The maximum atomic E-state index is 13.1. The molecule has 5 rings (SSSR count). The molecule has 0 radical (unpaired) electrons. The molecule has 1 amide bonds. The van der Waals surface area contributed by atoms with Gasteiger partial charge in [0.05, 0.1) is 26.5 Å². The summed E-state index contributed by atoms with van der Waals surface area (Å²) < 4.78 is 1.09. The van der Waals surface area contributed by atoms with Crippen LogP contribution >= 0.6 is 23.2 Å². The van der Waals surface area contributed by atoms with Crippen LogP contribution in [0.1, 0.15) is 19.4 Å². The molecule has 12 heteroatoms. The Morgan fingerprint density at radius 1 is 1.13 bits per heavy atom. The molecule has 2 aromatic heterocycles. The SMILES string of the molecule is CN(C)CCN1C(=O)C(C)(C)c2cc(Nc3ncc4c(=N)n(-c5c(Cl)cccc5Cl)c(=O)[nH]c4n3)ccc21. The van der Waals surface area contributed by atoms with Gasteiger partial charge in [-0.15, -0.1) is 0 Å². The number of para-hydroxylation sites is 1. The van der Waals surface area contributed by atoms with Crippen molar-refractivity contribution < 1.29 is 4.79 Å². The molecule has 0 atom stereocenters. The molecule has 3 heterocycles. The molecule has 1 aliphatic rings. The predicted octanol–water partition coefficient (Wildman–Crippen LogP) is 3.82. The fourth-order valence-corrected chi connectivity index (χ4v) is 5.14. The van der Waals surface area contributed by atoms with Gasteiger partial charge in [-0.3, -0.25) is 15.2 Å². The van der Waals surface area contributed by atoms with Gasteiger partial charge in [0.1, 0.15) is 5.49 Å². The Labute approximate surface area is 228 Å². The lowest BCUT2D eigenvalue weighted by Gasteiger charge is -2.22. The number of carbonyl (C=O) groups excluding carboxylic acids is 1. The van der Waals surface area contributed by atoms with E-state index in [1.807, 2.05) is 55.9 Å². The first-order valence-electron chi connectivity index (χ1n) is 11.9. The third-order valence-electron chi connectivity index (χ3n) is 6.62. The number of nitrogens with zero attached hydrogens (tertiary/aromatic N) is 5. The van der Waals surface area contributed by atoms with Crippen LogP contribution in [-0.4, -0.2) is 57.5 Å². The Morgan fingerprint density at radius 2 is 1.84 bits per heavy atom. The molecule has 0 aliphatic carbocycles. The monoisotopic (exact) mass is 552 g/mol. The first-order valence-corrected chi connectivity index (χ1v) is 12.6. The summed E-state index contributed by atoms with van der Waals surface area (Å²) in [4.78, 5) is 41.4. The van der Waals surface area contributed by atoms with E-state index in [2.05, 4.69) is 20.3 Å². The Kier molecular flexibility index (Phi) is 6.50. The molecule has 0 unspecified atom stereocenters. The number of hydrogen-bond donors (Lipinski definition) is 3. The molecule has 196 valence electrons. The van der Waals surface area contributed by atoms with Crippen molar-refractivity contribution in [2.24, 2.45) is 0 Å². The fraction of sp³-hybridized carbons (Fsp3) is 0.269. The second kappa shape index (κ2) is 9.54. The number of nitrogens with one attached hydrogen (secondary N) is 3. The molecule has 3 N–H and O–H groups in total. The zero-order valence-corrected chi connectivity index (χ0v) is 22.8. The van der Waals surface area contributed by atoms with Crippen LogP contribution < -0.4 is 21.4 Å². The Bertz CT molecular complexity index is 1690. The van der Waals surface area contributed by atoms with Gasteiger partial charge < -0.3 is 15.1 Å². The minimum Gasteiger partial charge on any atom is -0.324 e. The van der Waals surface area contributed by atoms with Crippen LogP contribution in [0.4, 0.5) is 17.3 Å². The second-order valence-corrected chi connectivity index (χ2v) is 10.7. The van der Waals surface area contributed by atoms with E-state index in [0.29, 0.717) is 17.6 Å². The van der Waals surface area contributed by atoms with E-state index in [9.17, 15) is 9.59 Å². The summed E-state index contributed by atoms with van der Waals surface area (Å²) in [5.41, 5.74) is 1.44. The van der Waals surface area contributed by atoms with Gasteiger partial charge in [0.2, 0.25) is 11.9 Å². The number of aromatic amines is 1. The molecule has 0 saturated heterocycles. The molecule has 0 spiro atoms. The number of carbonyl (C=O) groups is 1. The first-order chi connectivity index (χ1) is 18.0. The molecule has 1 aliphatic heterocycles. The topological polar surface area (TPSA) is 123 Å². The summed E-state index contributed by atoms with van der Waals surface area (Å²) >= 11 is 12.6. The van der Waals surface area contributed by atoms with Gasteiger partial charge in [0.25, 0.3) is 0 Å². The number of rotatable bonds is 6. The standard InChI is InChI=1S/C26H26Cl2N8O2/c1-26(2)16-12-14(8-9-19(16)35(23(26)37)11-10-34(3)4)31-24-30-13-15-21(29)36(25(38)33-22(15)32-24)20-17(27)6-5-7-18(20)28/h5-9,12-13,29H,10-11H2,1-4H3,(H2,30,31,32,33,38). The Morgan fingerprint density at radius 3 is 2.53 bits per heavy atom.